The molecule has 0 aliphatic carbocycles. The number of alkyl halides is 3. The Bertz CT molecular complexity index is 111. The van der Waals surface area contributed by atoms with Crippen molar-refractivity contribution in [3.8, 4) is 0 Å². The number of halogens is 3. The highest BCUT2D eigenvalue weighted by molar-refractivity contribution is 14.1. The van der Waals surface area contributed by atoms with E-state index in [2.05, 4.69) is 9.47 Å². The zero-order valence-corrected chi connectivity index (χ0v) is 7.01. The molecule has 0 aromatic carbocycles. The molecular weight excluding hydrogens is 261 g/mol. The highest BCUT2D eigenvalue weighted by Gasteiger charge is 2.10. The molecule has 60 valence electrons. The molecule has 3 nitrogen and oxygen atoms in total. The quantitative estimate of drug-likeness (QED) is 0.444. The fraction of sp³-hybridized carbons (Fsp3) is 0.750. The van der Waals surface area contributed by atoms with Crippen molar-refractivity contribution in [3.05, 3.63) is 0 Å². The number of carbonyl (C=O) groups excluding carboxylic acids is 1. The van der Waals surface area contributed by atoms with Crippen molar-refractivity contribution in [2.45, 2.75) is 4.11 Å². The van der Waals surface area contributed by atoms with Crippen LogP contribution in [0.4, 0.5) is 13.6 Å². The van der Waals surface area contributed by atoms with Crippen molar-refractivity contribution < 1.29 is 23.0 Å². The Hall–Kier alpha value is -0.140. The van der Waals surface area contributed by atoms with Gasteiger partial charge in [0.25, 0.3) is 0 Å². The van der Waals surface area contributed by atoms with E-state index in [4.69, 9.17) is 0 Å². The average Bonchev–Trinajstić information content (AvgIpc) is 1.88. The first-order valence-electron chi connectivity index (χ1n) is 2.30. The molecule has 0 bridgehead atoms. The number of carbonyl (C=O) groups is 1. The highest BCUT2D eigenvalue weighted by Crippen LogP contribution is 2.04. The third-order valence-corrected chi connectivity index (χ3v) is 1.10. The van der Waals surface area contributed by atoms with E-state index in [0.717, 1.165) is 0 Å². The molecule has 0 aliphatic rings. The summed E-state index contributed by atoms with van der Waals surface area (Å²) in [5, 5.41) is 0. The summed E-state index contributed by atoms with van der Waals surface area (Å²) < 4.78 is 29.7. The van der Waals surface area contributed by atoms with Gasteiger partial charge in [0, 0.05) is 0 Å². The molecule has 1 atom stereocenters. The predicted octanol–water partition coefficient (Wildman–Crippen LogP) is 1.80. The zero-order chi connectivity index (χ0) is 7.98. The normalized spacial score (nSPS) is 12.3. The summed E-state index contributed by atoms with van der Waals surface area (Å²) in [7, 11) is 0. The summed E-state index contributed by atoms with van der Waals surface area (Å²) in [4.78, 5) is 10.2. The maximum absolute atomic E-state index is 11.6. The molecule has 0 aromatic heterocycles. The Labute approximate surface area is 69.8 Å². The van der Waals surface area contributed by atoms with E-state index in [0.29, 0.717) is 0 Å². The Morgan fingerprint density at radius 1 is 1.60 bits per heavy atom. The maximum Gasteiger partial charge on any atom is 0.511 e. The van der Waals surface area contributed by atoms with Crippen molar-refractivity contribution in [2.24, 2.45) is 0 Å². The van der Waals surface area contributed by atoms with Gasteiger partial charge in [0.2, 0.25) is 6.86 Å². The van der Waals surface area contributed by atoms with Gasteiger partial charge in [-0.2, -0.15) is 0 Å². The largest absolute Gasteiger partial charge is 0.511 e. The molecule has 0 spiro atoms. The highest BCUT2D eigenvalue weighted by atomic mass is 127. The van der Waals surface area contributed by atoms with Crippen LogP contribution < -0.4 is 0 Å². The lowest BCUT2D eigenvalue weighted by atomic mass is 10.8. The Morgan fingerprint density at radius 3 is 2.60 bits per heavy atom. The second-order valence-electron chi connectivity index (χ2n) is 1.19. The second kappa shape index (κ2) is 5.63. The molecule has 0 fully saturated rings. The van der Waals surface area contributed by atoms with Crippen LogP contribution >= 0.6 is 22.6 Å². The molecule has 0 unspecified atom stereocenters. The molecule has 10 heavy (non-hydrogen) atoms. The van der Waals surface area contributed by atoms with Crippen LogP contribution in [-0.4, -0.2) is 23.8 Å². The fourth-order valence-electron chi connectivity index (χ4n) is 0.214. The van der Waals surface area contributed by atoms with Crippen LogP contribution in [0, 0.1) is 0 Å². The van der Waals surface area contributed by atoms with Crippen LogP contribution in [0.15, 0.2) is 0 Å². The number of rotatable bonds is 3. The molecular formula is C4H5F2IO3. The van der Waals surface area contributed by atoms with Gasteiger partial charge in [0.05, 0.1) is 0 Å². The third kappa shape index (κ3) is 4.71. The zero-order valence-electron chi connectivity index (χ0n) is 4.85. The van der Waals surface area contributed by atoms with Crippen molar-refractivity contribution in [1.29, 1.82) is 0 Å². The minimum absolute atomic E-state index is 0.818. The van der Waals surface area contributed by atoms with Gasteiger partial charge in [-0.05, 0) is 22.6 Å². The monoisotopic (exact) mass is 266 g/mol. The summed E-state index contributed by atoms with van der Waals surface area (Å²) >= 11 is 1.54. The standard InChI is InChI=1S/C4H5F2IO3/c5-1-3(7)10-4(8)9-2-6/h3H,1-2H2/t3-/m1/s1. The van der Waals surface area contributed by atoms with Crippen molar-refractivity contribution in [3.63, 3.8) is 0 Å². The van der Waals surface area contributed by atoms with Crippen LogP contribution in [0.2, 0.25) is 0 Å². The molecule has 0 heterocycles. The molecule has 0 N–H and O–H groups in total. The van der Waals surface area contributed by atoms with E-state index in [1.54, 1.807) is 0 Å². The molecule has 0 rings (SSSR count). The summed E-state index contributed by atoms with van der Waals surface area (Å²) in [6, 6.07) is 0. The molecule has 0 aliphatic heterocycles. The van der Waals surface area contributed by atoms with Gasteiger partial charge < -0.3 is 9.47 Å². The predicted molar refractivity (Wildman–Crippen MR) is 37.3 cm³/mol. The van der Waals surface area contributed by atoms with Crippen LogP contribution in [0.1, 0.15) is 0 Å². The number of ether oxygens (including phenoxy) is 2. The van der Waals surface area contributed by atoms with E-state index < -0.39 is 23.8 Å². The number of hydrogen-bond donors (Lipinski definition) is 0. The third-order valence-electron chi connectivity index (χ3n) is 0.518. The first kappa shape index (κ1) is 9.86. The lowest BCUT2D eigenvalue weighted by molar-refractivity contribution is 0.0200. The topological polar surface area (TPSA) is 35.5 Å². The van der Waals surface area contributed by atoms with Crippen LogP contribution in [0.3, 0.4) is 0 Å². The van der Waals surface area contributed by atoms with E-state index in [1.165, 1.54) is 22.6 Å². The minimum Gasteiger partial charge on any atom is -0.417 e. The van der Waals surface area contributed by atoms with Gasteiger partial charge in [0.15, 0.2) is 4.11 Å². The van der Waals surface area contributed by atoms with Crippen molar-refractivity contribution in [1.82, 2.24) is 0 Å². The van der Waals surface area contributed by atoms with Gasteiger partial charge in [-0.1, -0.05) is 0 Å². The summed E-state index contributed by atoms with van der Waals surface area (Å²) in [6.07, 6.45) is -1.19. The maximum atomic E-state index is 11.6. The first-order chi connectivity index (χ1) is 4.70. The molecule has 6 heteroatoms. The van der Waals surface area contributed by atoms with Gasteiger partial charge in [0.1, 0.15) is 6.67 Å². The summed E-state index contributed by atoms with van der Waals surface area (Å²) in [6.45, 7) is -2.07. The second-order valence-corrected chi connectivity index (χ2v) is 2.57. The summed E-state index contributed by atoms with van der Waals surface area (Å²) in [5.74, 6) is 0. The minimum atomic E-state index is -1.26. The van der Waals surface area contributed by atoms with Gasteiger partial charge in [-0.25, -0.2) is 13.6 Å². The Kier molecular flexibility index (Phi) is 5.55. The van der Waals surface area contributed by atoms with Crippen molar-refractivity contribution >= 4 is 28.7 Å². The van der Waals surface area contributed by atoms with Crippen molar-refractivity contribution in [2.75, 3.05) is 13.5 Å². The molecule has 0 saturated heterocycles. The lowest BCUT2D eigenvalue weighted by Gasteiger charge is -2.05. The Balaban J connectivity index is 3.37. The lowest BCUT2D eigenvalue weighted by Crippen LogP contribution is -2.14. The van der Waals surface area contributed by atoms with E-state index >= 15 is 0 Å². The van der Waals surface area contributed by atoms with Gasteiger partial charge in [-0.3, -0.25) is 0 Å². The summed E-state index contributed by atoms with van der Waals surface area (Å²) in [5.41, 5.74) is 0. The van der Waals surface area contributed by atoms with Crippen LogP contribution in [0.5, 0.6) is 0 Å². The molecule has 0 amide bonds. The SMILES string of the molecule is O=C(OCF)O[C@@H](I)CF. The number of hydrogen-bond acceptors (Lipinski definition) is 3. The first-order valence-corrected chi connectivity index (χ1v) is 3.54. The van der Waals surface area contributed by atoms with E-state index in [-0.39, 0.29) is 0 Å². The van der Waals surface area contributed by atoms with Crippen LogP contribution in [0.25, 0.3) is 0 Å². The van der Waals surface area contributed by atoms with E-state index in [1.807, 2.05) is 0 Å². The smallest absolute Gasteiger partial charge is 0.417 e. The van der Waals surface area contributed by atoms with Gasteiger partial charge in [-0.15, -0.1) is 0 Å². The molecule has 0 saturated carbocycles. The average molecular weight is 266 g/mol. The molecule has 0 radical (unpaired) electrons. The van der Waals surface area contributed by atoms with E-state index in [9.17, 15) is 13.6 Å². The van der Waals surface area contributed by atoms with Crippen LogP contribution in [-0.2, 0) is 9.47 Å². The molecule has 0 aromatic rings. The fourth-order valence-corrected chi connectivity index (χ4v) is 0.422. The Morgan fingerprint density at radius 2 is 2.20 bits per heavy atom. The van der Waals surface area contributed by atoms with Gasteiger partial charge >= 0.3 is 6.16 Å².